The zero-order valence-corrected chi connectivity index (χ0v) is 20.5. The Hall–Kier alpha value is -2.90. The number of hydrogen-bond acceptors (Lipinski definition) is 5. The van der Waals surface area contributed by atoms with Gasteiger partial charge in [0.25, 0.3) is 0 Å². The van der Waals surface area contributed by atoms with Crippen LogP contribution in [0.5, 0.6) is 5.75 Å². The smallest absolute Gasteiger partial charge is 0.243 e. The lowest BCUT2D eigenvalue weighted by Gasteiger charge is -2.33. The van der Waals surface area contributed by atoms with Crippen LogP contribution in [0.4, 0.5) is 0 Å². The van der Waals surface area contributed by atoms with E-state index in [0.717, 1.165) is 49.7 Å². The quantitative estimate of drug-likeness (QED) is 0.550. The number of hydrogen-bond donors (Lipinski definition) is 1. The minimum atomic E-state index is -0.607. The highest BCUT2D eigenvalue weighted by Crippen LogP contribution is 2.19. The van der Waals surface area contributed by atoms with Crippen LogP contribution in [0.1, 0.15) is 25.0 Å². The first-order valence-corrected chi connectivity index (χ1v) is 12.0. The summed E-state index contributed by atoms with van der Waals surface area (Å²) in [5, 5.41) is 3.09. The molecule has 34 heavy (non-hydrogen) atoms. The van der Waals surface area contributed by atoms with Crippen molar-refractivity contribution in [3.8, 4) is 5.75 Å². The summed E-state index contributed by atoms with van der Waals surface area (Å²) in [7, 11) is 1.63. The number of benzene rings is 2. The minimum absolute atomic E-state index is 0.0416. The van der Waals surface area contributed by atoms with Crippen molar-refractivity contribution in [3.05, 3.63) is 65.7 Å². The van der Waals surface area contributed by atoms with Gasteiger partial charge >= 0.3 is 0 Å². The third kappa shape index (κ3) is 7.57. The maximum atomic E-state index is 13.5. The summed E-state index contributed by atoms with van der Waals surface area (Å²) >= 11 is 0. The molecule has 1 atom stereocenters. The summed E-state index contributed by atoms with van der Waals surface area (Å²) in [6.07, 6.45) is 0.457. The van der Waals surface area contributed by atoms with Crippen LogP contribution in [0.15, 0.2) is 54.6 Å². The number of ether oxygens (including phenoxy) is 2. The third-order valence-corrected chi connectivity index (χ3v) is 6.07. The number of methoxy groups -OCH3 is 1. The van der Waals surface area contributed by atoms with Crippen molar-refractivity contribution in [1.29, 1.82) is 0 Å². The first-order valence-electron chi connectivity index (χ1n) is 12.0. The van der Waals surface area contributed by atoms with Crippen molar-refractivity contribution in [2.24, 2.45) is 5.92 Å². The van der Waals surface area contributed by atoms with Crippen molar-refractivity contribution < 1.29 is 19.1 Å². The van der Waals surface area contributed by atoms with Crippen LogP contribution < -0.4 is 10.1 Å². The molecular weight excluding hydrogens is 430 g/mol. The number of carbonyl (C=O) groups is 2. The molecule has 2 amide bonds. The van der Waals surface area contributed by atoms with E-state index in [0.29, 0.717) is 19.5 Å². The summed E-state index contributed by atoms with van der Waals surface area (Å²) in [6, 6.07) is 16.9. The molecule has 1 heterocycles. The molecule has 0 aromatic heterocycles. The van der Waals surface area contributed by atoms with E-state index in [1.807, 2.05) is 68.4 Å². The largest absolute Gasteiger partial charge is 0.497 e. The Kier molecular flexibility index (Phi) is 9.91. The first kappa shape index (κ1) is 25.7. The predicted molar refractivity (Wildman–Crippen MR) is 133 cm³/mol. The monoisotopic (exact) mass is 467 g/mol. The second kappa shape index (κ2) is 13.1. The van der Waals surface area contributed by atoms with Crippen LogP contribution in [0.3, 0.4) is 0 Å². The van der Waals surface area contributed by atoms with Gasteiger partial charge in [-0.2, -0.15) is 0 Å². The van der Waals surface area contributed by atoms with E-state index >= 15 is 0 Å². The van der Waals surface area contributed by atoms with Crippen LogP contribution in [-0.2, 0) is 27.3 Å². The first-order chi connectivity index (χ1) is 16.5. The van der Waals surface area contributed by atoms with Gasteiger partial charge in [-0.05, 0) is 23.3 Å². The van der Waals surface area contributed by atoms with Crippen molar-refractivity contribution in [2.45, 2.75) is 32.9 Å². The summed E-state index contributed by atoms with van der Waals surface area (Å²) in [5.74, 6) is 0.365. The zero-order chi connectivity index (χ0) is 24.3. The predicted octanol–water partition coefficient (Wildman–Crippen LogP) is 2.74. The van der Waals surface area contributed by atoms with Crippen molar-refractivity contribution in [1.82, 2.24) is 15.1 Å². The molecule has 1 fully saturated rings. The van der Waals surface area contributed by atoms with Gasteiger partial charge in [0.15, 0.2) is 0 Å². The van der Waals surface area contributed by atoms with Gasteiger partial charge in [0.05, 0.1) is 20.3 Å². The van der Waals surface area contributed by atoms with Gasteiger partial charge in [-0.15, -0.1) is 0 Å². The molecule has 2 aromatic carbocycles. The van der Waals surface area contributed by atoms with Gasteiger partial charge < -0.3 is 19.7 Å². The topological polar surface area (TPSA) is 71.1 Å². The Bertz CT molecular complexity index is 896. The molecule has 7 nitrogen and oxygen atoms in total. The molecule has 0 saturated carbocycles. The molecule has 1 aliphatic heterocycles. The van der Waals surface area contributed by atoms with E-state index in [1.165, 1.54) is 0 Å². The second-order valence-corrected chi connectivity index (χ2v) is 8.92. The average molecular weight is 468 g/mol. The van der Waals surface area contributed by atoms with E-state index < -0.39 is 6.04 Å². The highest BCUT2D eigenvalue weighted by atomic mass is 16.5. The van der Waals surface area contributed by atoms with Crippen LogP contribution >= 0.6 is 0 Å². The normalized spacial score (nSPS) is 15.1. The highest BCUT2D eigenvalue weighted by molar-refractivity contribution is 5.88. The molecular formula is C27H37N3O4. The standard InChI is InChI=1S/C27H37N3O4/c1-21(2)27(32)30(20-23-9-11-24(33-3)12-10-23)25(19-22-7-5-4-6-8-22)26(31)28-13-14-29-15-17-34-18-16-29/h4-12,21,25H,13-20H2,1-3H3,(H,28,31). The van der Waals surface area contributed by atoms with E-state index in [-0.39, 0.29) is 17.7 Å². The average Bonchev–Trinajstić information content (AvgIpc) is 2.87. The Morgan fingerprint density at radius 3 is 2.32 bits per heavy atom. The van der Waals surface area contributed by atoms with Crippen LogP contribution in [0.25, 0.3) is 0 Å². The van der Waals surface area contributed by atoms with Gasteiger partial charge in [-0.1, -0.05) is 56.3 Å². The highest BCUT2D eigenvalue weighted by Gasteiger charge is 2.31. The second-order valence-electron chi connectivity index (χ2n) is 8.92. The summed E-state index contributed by atoms with van der Waals surface area (Å²) in [5.41, 5.74) is 1.97. The summed E-state index contributed by atoms with van der Waals surface area (Å²) < 4.78 is 10.7. The zero-order valence-electron chi connectivity index (χ0n) is 20.5. The maximum Gasteiger partial charge on any atom is 0.243 e. The van der Waals surface area contributed by atoms with Gasteiger partial charge in [0.1, 0.15) is 11.8 Å². The fourth-order valence-corrected chi connectivity index (χ4v) is 4.06. The van der Waals surface area contributed by atoms with Gasteiger partial charge in [-0.25, -0.2) is 0 Å². The molecule has 0 spiro atoms. The summed E-state index contributed by atoms with van der Waals surface area (Å²) in [4.78, 5) is 30.8. The minimum Gasteiger partial charge on any atom is -0.497 e. The van der Waals surface area contributed by atoms with Crippen LogP contribution in [0, 0.1) is 5.92 Å². The Labute approximate surface area is 203 Å². The molecule has 0 bridgehead atoms. The summed E-state index contributed by atoms with van der Waals surface area (Å²) in [6.45, 7) is 8.61. The Balaban J connectivity index is 1.79. The molecule has 0 aliphatic carbocycles. The Morgan fingerprint density at radius 1 is 1.03 bits per heavy atom. The molecule has 2 aromatic rings. The molecule has 1 unspecified atom stereocenters. The SMILES string of the molecule is COc1ccc(CN(C(=O)C(C)C)C(Cc2ccccc2)C(=O)NCCN2CCOCC2)cc1. The molecule has 7 heteroatoms. The van der Waals surface area contributed by atoms with Crippen LogP contribution in [-0.4, -0.2) is 74.2 Å². The number of morpholine rings is 1. The van der Waals surface area contributed by atoms with E-state index in [1.54, 1.807) is 12.0 Å². The number of nitrogens with zero attached hydrogens (tertiary/aromatic N) is 2. The molecule has 1 N–H and O–H groups in total. The molecule has 1 aliphatic rings. The molecule has 1 saturated heterocycles. The fourth-order valence-electron chi connectivity index (χ4n) is 4.06. The Morgan fingerprint density at radius 2 is 1.71 bits per heavy atom. The van der Waals surface area contributed by atoms with Gasteiger partial charge in [0, 0.05) is 45.1 Å². The third-order valence-electron chi connectivity index (χ3n) is 6.07. The molecule has 3 rings (SSSR count). The number of nitrogens with one attached hydrogen (secondary N) is 1. The van der Waals surface area contributed by atoms with Gasteiger partial charge in [0.2, 0.25) is 11.8 Å². The number of carbonyl (C=O) groups excluding carboxylic acids is 2. The molecule has 184 valence electrons. The number of rotatable bonds is 11. The van der Waals surface area contributed by atoms with Crippen LogP contribution in [0.2, 0.25) is 0 Å². The van der Waals surface area contributed by atoms with Crippen molar-refractivity contribution >= 4 is 11.8 Å². The lowest BCUT2D eigenvalue weighted by Crippen LogP contribution is -2.52. The number of amides is 2. The molecule has 0 radical (unpaired) electrons. The lowest BCUT2D eigenvalue weighted by atomic mass is 10.0. The van der Waals surface area contributed by atoms with E-state index in [9.17, 15) is 9.59 Å². The maximum absolute atomic E-state index is 13.5. The van der Waals surface area contributed by atoms with Gasteiger partial charge in [-0.3, -0.25) is 14.5 Å². The fraction of sp³-hybridized carbons (Fsp3) is 0.481. The van der Waals surface area contributed by atoms with Crippen molar-refractivity contribution in [3.63, 3.8) is 0 Å². The van der Waals surface area contributed by atoms with Crippen molar-refractivity contribution in [2.75, 3.05) is 46.5 Å². The lowest BCUT2D eigenvalue weighted by molar-refractivity contribution is -0.143. The van der Waals surface area contributed by atoms with E-state index in [4.69, 9.17) is 9.47 Å². The van der Waals surface area contributed by atoms with E-state index in [2.05, 4.69) is 10.2 Å².